The number of nitrogens with two attached hydrogens (primary N) is 1. The summed E-state index contributed by atoms with van der Waals surface area (Å²) in [7, 11) is 3.52. The molecule has 0 aliphatic heterocycles. The van der Waals surface area contributed by atoms with Gasteiger partial charge in [-0.3, -0.25) is 9.69 Å². The smallest absolute Gasteiger partial charge is 0.234 e. The molecule has 0 saturated carbocycles. The SMILES string of the molecule is COCCNC(=O)CN(C)Cc1sccc1C#CCN. The molecule has 1 aromatic heterocycles. The van der Waals surface area contributed by atoms with E-state index in [1.807, 2.05) is 23.4 Å². The van der Waals surface area contributed by atoms with Crippen molar-refractivity contribution in [3.05, 3.63) is 21.9 Å². The minimum Gasteiger partial charge on any atom is -0.383 e. The Balaban J connectivity index is 2.44. The fraction of sp³-hybridized carbons (Fsp3) is 0.500. The van der Waals surface area contributed by atoms with Gasteiger partial charge in [0.2, 0.25) is 5.91 Å². The molecule has 0 radical (unpaired) electrons. The zero-order valence-corrected chi connectivity index (χ0v) is 12.8. The van der Waals surface area contributed by atoms with Crippen molar-refractivity contribution in [3.8, 4) is 11.8 Å². The maximum Gasteiger partial charge on any atom is 0.234 e. The largest absolute Gasteiger partial charge is 0.383 e. The van der Waals surface area contributed by atoms with Crippen LogP contribution in [0.5, 0.6) is 0 Å². The number of rotatable bonds is 7. The Hall–Kier alpha value is -1.39. The van der Waals surface area contributed by atoms with Crippen LogP contribution in [0.4, 0.5) is 0 Å². The average Bonchev–Trinajstić information content (AvgIpc) is 2.83. The van der Waals surface area contributed by atoms with Crippen molar-refractivity contribution in [1.29, 1.82) is 0 Å². The number of carbonyl (C=O) groups excluding carboxylic acids is 1. The van der Waals surface area contributed by atoms with Crippen molar-refractivity contribution in [2.45, 2.75) is 6.54 Å². The van der Waals surface area contributed by atoms with E-state index < -0.39 is 0 Å². The Morgan fingerprint density at radius 2 is 2.40 bits per heavy atom. The van der Waals surface area contributed by atoms with Gasteiger partial charge in [-0.05, 0) is 18.5 Å². The first-order valence-electron chi connectivity index (χ1n) is 6.37. The van der Waals surface area contributed by atoms with Crippen molar-refractivity contribution in [3.63, 3.8) is 0 Å². The van der Waals surface area contributed by atoms with E-state index in [-0.39, 0.29) is 5.91 Å². The van der Waals surface area contributed by atoms with Crippen LogP contribution in [0.1, 0.15) is 10.4 Å². The molecule has 5 nitrogen and oxygen atoms in total. The van der Waals surface area contributed by atoms with E-state index in [2.05, 4.69) is 17.2 Å². The average molecular weight is 295 g/mol. The lowest BCUT2D eigenvalue weighted by molar-refractivity contribution is -0.122. The molecule has 1 rings (SSSR count). The van der Waals surface area contributed by atoms with Crippen molar-refractivity contribution in [1.82, 2.24) is 10.2 Å². The first kappa shape index (κ1) is 16.7. The summed E-state index contributed by atoms with van der Waals surface area (Å²) >= 11 is 1.64. The van der Waals surface area contributed by atoms with Crippen molar-refractivity contribution in [2.75, 3.05) is 40.4 Å². The first-order valence-corrected chi connectivity index (χ1v) is 7.24. The number of thiophene rings is 1. The van der Waals surface area contributed by atoms with Crippen LogP contribution >= 0.6 is 11.3 Å². The number of ether oxygens (including phenoxy) is 1. The Morgan fingerprint density at radius 3 is 3.10 bits per heavy atom. The second kappa shape index (κ2) is 9.50. The summed E-state index contributed by atoms with van der Waals surface area (Å²) in [6.07, 6.45) is 0. The standard InChI is InChI=1S/C14H21N3O2S/c1-17(11-14(18)16-7-8-19-2)10-13-12(4-3-6-15)5-9-20-13/h5,9H,6-8,10-11,15H2,1-2H3,(H,16,18). The lowest BCUT2D eigenvalue weighted by Crippen LogP contribution is -2.36. The maximum atomic E-state index is 11.7. The van der Waals surface area contributed by atoms with Gasteiger partial charge in [-0.25, -0.2) is 0 Å². The normalized spacial score (nSPS) is 10.2. The van der Waals surface area contributed by atoms with Gasteiger partial charge in [0.25, 0.3) is 0 Å². The van der Waals surface area contributed by atoms with Gasteiger partial charge in [0, 0.05) is 30.6 Å². The molecule has 6 heteroatoms. The van der Waals surface area contributed by atoms with Crippen molar-refractivity contribution in [2.24, 2.45) is 5.73 Å². The maximum absolute atomic E-state index is 11.7. The van der Waals surface area contributed by atoms with Gasteiger partial charge in [-0.2, -0.15) is 0 Å². The molecule has 0 bridgehead atoms. The fourth-order valence-electron chi connectivity index (χ4n) is 1.62. The Kier molecular flexibility index (Phi) is 7.92. The molecule has 0 spiro atoms. The third kappa shape index (κ3) is 6.17. The molecule has 0 aromatic carbocycles. The molecular formula is C14H21N3O2S. The van der Waals surface area contributed by atoms with E-state index in [0.717, 1.165) is 10.4 Å². The third-order valence-corrected chi connectivity index (χ3v) is 3.43. The second-order valence-electron chi connectivity index (χ2n) is 4.28. The van der Waals surface area contributed by atoms with Crippen LogP contribution in [0.15, 0.2) is 11.4 Å². The Morgan fingerprint density at radius 1 is 1.60 bits per heavy atom. The van der Waals surface area contributed by atoms with E-state index in [4.69, 9.17) is 10.5 Å². The van der Waals surface area contributed by atoms with Gasteiger partial charge < -0.3 is 15.8 Å². The molecule has 110 valence electrons. The van der Waals surface area contributed by atoms with Gasteiger partial charge in [-0.15, -0.1) is 11.3 Å². The number of carbonyl (C=O) groups is 1. The van der Waals surface area contributed by atoms with Crippen molar-refractivity contribution >= 4 is 17.2 Å². The fourth-order valence-corrected chi connectivity index (χ4v) is 2.52. The molecule has 0 saturated heterocycles. The van der Waals surface area contributed by atoms with Gasteiger partial charge in [0.05, 0.1) is 19.7 Å². The number of nitrogens with zero attached hydrogens (tertiary/aromatic N) is 1. The highest BCUT2D eigenvalue weighted by Crippen LogP contribution is 2.17. The summed E-state index contributed by atoms with van der Waals surface area (Å²) < 4.78 is 4.88. The summed E-state index contributed by atoms with van der Waals surface area (Å²) in [5.74, 6) is 5.89. The molecule has 0 atom stereocenters. The number of hydrogen-bond acceptors (Lipinski definition) is 5. The van der Waals surface area contributed by atoms with E-state index in [1.165, 1.54) is 0 Å². The predicted molar refractivity (Wildman–Crippen MR) is 81.5 cm³/mol. The summed E-state index contributed by atoms with van der Waals surface area (Å²) in [4.78, 5) is 14.8. The van der Waals surface area contributed by atoms with Crippen LogP contribution in [-0.4, -0.2) is 51.2 Å². The molecule has 0 aliphatic rings. The Labute approximate surface area is 124 Å². The lowest BCUT2D eigenvalue weighted by Gasteiger charge is -2.15. The third-order valence-electron chi connectivity index (χ3n) is 2.53. The quantitative estimate of drug-likeness (QED) is 0.559. The summed E-state index contributed by atoms with van der Waals surface area (Å²) in [6.45, 7) is 2.47. The summed E-state index contributed by atoms with van der Waals surface area (Å²) in [6, 6.07) is 1.98. The van der Waals surface area contributed by atoms with Crippen LogP contribution in [-0.2, 0) is 16.1 Å². The number of likely N-dealkylation sites (N-methyl/N-ethyl adjacent to an activating group) is 1. The first-order chi connectivity index (χ1) is 9.67. The summed E-state index contributed by atoms with van der Waals surface area (Å²) in [5.41, 5.74) is 6.37. The van der Waals surface area contributed by atoms with Crippen LogP contribution in [0.25, 0.3) is 0 Å². The van der Waals surface area contributed by atoms with Crippen molar-refractivity contribution < 1.29 is 9.53 Å². The number of methoxy groups -OCH3 is 1. The van der Waals surface area contributed by atoms with Crippen LogP contribution in [0, 0.1) is 11.8 Å². The highest BCUT2D eigenvalue weighted by Gasteiger charge is 2.09. The van der Waals surface area contributed by atoms with Crippen LogP contribution < -0.4 is 11.1 Å². The zero-order valence-electron chi connectivity index (χ0n) is 11.9. The monoisotopic (exact) mass is 295 g/mol. The minimum absolute atomic E-state index is 0.00398. The highest BCUT2D eigenvalue weighted by molar-refractivity contribution is 7.10. The lowest BCUT2D eigenvalue weighted by atomic mass is 10.2. The molecule has 0 fully saturated rings. The Bertz CT molecular complexity index is 476. The number of amides is 1. The topological polar surface area (TPSA) is 67.6 Å². The van der Waals surface area contributed by atoms with Gasteiger partial charge in [0.1, 0.15) is 0 Å². The molecule has 3 N–H and O–H groups in total. The molecule has 20 heavy (non-hydrogen) atoms. The van der Waals surface area contributed by atoms with Gasteiger partial charge in [-0.1, -0.05) is 11.8 Å². The number of nitrogens with one attached hydrogen (secondary N) is 1. The molecule has 0 unspecified atom stereocenters. The highest BCUT2D eigenvalue weighted by atomic mass is 32.1. The molecule has 0 aliphatic carbocycles. The summed E-state index contributed by atoms with van der Waals surface area (Å²) in [5, 5.41) is 4.80. The van der Waals surface area contributed by atoms with Gasteiger partial charge in [0.15, 0.2) is 0 Å². The van der Waals surface area contributed by atoms with E-state index in [1.54, 1.807) is 18.4 Å². The minimum atomic E-state index is -0.00398. The predicted octanol–water partition coefficient (Wildman–Crippen LogP) is 0.253. The zero-order chi connectivity index (χ0) is 14.8. The molecule has 1 heterocycles. The van der Waals surface area contributed by atoms with Crippen LogP contribution in [0.3, 0.4) is 0 Å². The number of hydrogen-bond donors (Lipinski definition) is 2. The van der Waals surface area contributed by atoms with Crippen LogP contribution in [0.2, 0.25) is 0 Å². The molecule has 1 amide bonds. The van der Waals surface area contributed by atoms with E-state index in [9.17, 15) is 4.79 Å². The van der Waals surface area contributed by atoms with Gasteiger partial charge >= 0.3 is 0 Å². The second-order valence-corrected chi connectivity index (χ2v) is 5.28. The van der Waals surface area contributed by atoms with E-state index in [0.29, 0.717) is 32.8 Å². The molecular weight excluding hydrogens is 274 g/mol. The van der Waals surface area contributed by atoms with E-state index >= 15 is 0 Å². The molecule has 1 aromatic rings.